The van der Waals surface area contributed by atoms with E-state index in [1.807, 2.05) is 6.07 Å². The van der Waals surface area contributed by atoms with E-state index in [9.17, 15) is 4.79 Å². The number of amides is 1. The quantitative estimate of drug-likeness (QED) is 0.766. The molecule has 1 aromatic heterocycles. The van der Waals surface area contributed by atoms with Gasteiger partial charge in [0.2, 0.25) is 0 Å². The maximum Gasteiger partial charge on any atom is 0.269 e. The first-order valence-corrected chi connectivity index (χ1v) is 8.71. The summed E-state index contributed by atoms with van der Waals surface area (Å²) in [5.41, 5.74) is 1.37. The van der Waals surface area contributed by atoms with E-state index in [1.54, 1.807) is 12.3 Å². The fraction of sp³-hybridized carbons (Fsp3) is 0.647. The van der Waals surface area contributed by atoms with Gasteiger partial charge in [-0.2, -0.15) is 0 Å². The van der Waals surface area contributed by atoms with Crippen LogP contribution in [0, 0.1) is 0 Å². The molecule has 7 nitrogen and oxygen atoms in total. The zero-order valence-corrected chi connectivity index (χ0v) is 14.0. The van der Waals surface area contributed by atoms with Gasteiger partial charge in [0.05, 0.1) is 31.2 Å². The van der Waals surface area contributed by atoms with Gasteiger partial charge in [0.1, 0.15) is 5.69 Å². The molecule has 2 aliphatic rings. The number of carbonyl (C=O) groups is 1. The van der Waals surface area contributed by atoms with Crippen molar-refractivity contribution in [3.05, 3.63) is 24.0 Å². The minimum Gasteiger partial charge on any atom is -0.383 e. The van der Waals surface area contributed by atoms with Crippen LogP contribution < -0.4 is 10.6 Å². The molecule has 7 heteroatoms. The van der Waals surface area contributed by atoms with E-state index >= 15 is 0 Å². The molecule has 1 atom stereocenters. The summed E-state index contributed by atoms with van der Waals surface area (Å²) in [6.45, 7) is 6.80. The van der Waals surface area contributed by atoms with Crippen LogP contribution in [0.3, 0.4) is 0 Å². The summed E-state index contributed by atoms with van der Waals surface area (Å²) in [5.74, 6) is -0.148. The Labute approximate surface area is 142 Å². The van der Waals surface area contributed by atoms with Crippen LogP contribution in [0.2, 0.25) is 0 Å². The smallest absolute Gasteiger partial charge is 0.269 e. The first kappa shape index (κ1) is 17.1. The summed E-state index contributed by atoms with van der Waals surface area (Å²) in [4.78, 5) is 18.7. The largest absolute Gasteiger partial charge is 0.383 e. The Morgan fingerprint density at radius 2 is 2.17 bits per heavy atom. The standard InChI is InChI=1S/C17H26N4O3/c22-17(20-13-15-2-1-9-24-15)16-4-3-14(12-19-16)18-5-6-21-7-10-23-11-8-21/h3-4,12,15,18H,1-2,5-11,13H2,(H,20,22). The molecule has 0 aromatic carbocycles. The van der Waals surface area contributed by atoms with Crippen molar-refractivity contribution in [2.24, 2.45) is 0 Å². The number of hydrogen-bond donors (Lipinski definition) is 2. The molecular weight excluding hydrogens is 308 g/mol. The number of anilines is 1. The Morgan fingerprint density at radius 1 is 1.29 bits per heavy atom. The third-order valence-corrected chi connectivity index (χ3v) is 4.37. The maximum absolute atomic E-state index is 12.1. The molecule has 3 rings (SSSR count). The molecule has 0 bridgehead atoms. The monoisotopic (exact) mass is 334 g/mol. The van der Waals surface area contributed by atoms with E-state index in [0.717, 1.165) is 64.5 Å². The van der Waals surface area contributed by atoms with Gasteiger partial charge in [-0.05, 0) is 25.0 Å². The van der Waals surface area contributed by atoms with Gasteiger partial charge in [-0.3, -0.25) is 9.69 Å². The summed E-state index contributed by atoms with van der Waals surface area (Å²) in [6.07, 6.45) is 3.94. The summed E-state index contributed by atoms with van der Waals surface area (Å²) in [6, 6.07) is 3.65. The van der Waals surface area contributed by atoms with Gasteiger partial charge in [0, 0.05) is 39.3 Å². The van der Waals surface area contributed by atoms with Crippen LogP contribution >= 0.6 is 0 Å². The summed E-state index contributed by atoms with van der Waals surface area (Å²) in [5, 5.41) is 6.22. The van der Waals surface area contributed by atoms with Gasteiger partial charge in [-0.15, -0.1) is 0 Å². The van der Waals surface area contributed by atoms with Gasteiger partial charge >= 0.3 is 0 Å². The van der Waals surface area contributed by atoms with Crippen LogP contribution in [0.5, 0.6) is 0 Å². The zero-order valence-electron chi connectivity index (χ0n) is 14.0. The highest BCUT2D eigenvalue weighted by molar-refractivity contribution is 5.92. The summed E-state index contributed by atoms with van der Waals surface area (Å²) >= 11 is 0. The average molecular weight is 334 g/mol. The van der Waals surface area contributed by atoms with Crippen molar-refractivity contribution in [1.82, 2.24) is 15.2 Å². The van der Waals surface area contributed by atoms with Gasteiger partial charge in [-0.25, -0.2) is 4.98 Å². The zero-order chi connectivity index (χ0) is 16.6. The third kappa shape index (κ3) is 5.15. The van der Waals surface area contributed by atoms with Gasteiger partial charge < -0.3 is 20.1 Å². The Bertz CT molecular complexity index is 511. The highest BCUT2D eigenvalue weighted by Crippen LogP contribution is 2.11. The fourth-order valence-corrected chi connectivity index (χ4v) is 2.92. The Balaban J connectivity index is 1.38. The van der Waals surface area contributed by atoms with Crippen LogP contribution in [0.1, 0.15) is 23.3 Å². The van der Waals surface area contributed by atoms with Gasteiger partial charge in [0.25, 0.3) is 5.91 Å². The van der Waals surface area contributed by atoms with Crippen LogP contribution in [-0.4, -0.2) is 74.4 Å². The molecule has 2 N–H and O–H groups in total. The van der Waals surface area contributed by atoms with Crippen molar-refractivity contribution < 1.29 is 14.3 Å². The molecule has 1 aromatic rings. The van der Waals surface area contributed by atoms with Crippen molar-refractivity contribution in [2.75, 3.05) is 57.9 Å². The van der Waals surface area contributed by atoms with Crippen molar-refractivity contribution in [3.63, 3.8) is 0 Å². The van der Waals surface area contributed by atoms with Crippen molar-refractivity contribution in [3.8, 4) is 0 Å². The second-order valence-electron chi connectivity index (χ2n) is 6.16. The van der Waals surface area contributed by atoms with E-state index in [0.29, 0.717) is 12.2 Å². The minimum atomic E-state index is -0.148. The maximum atomic E-state index is 12.1. The van der Waals surface area contributed by atoms with Crippen LogP contribution in [0.25, 0.3) is 0 Å². The molecule has 2 aliphatic heterocycles. The molecule has 132 valence electrons. The highest BCUT2D eigenvalue weighted by atomic mass is 16.5. The molecule has 3 heterocycles. The predicted molar refractivity (Wildman–Crippen MR) is 91.3 cm³/mol. The average Bonchev–Trinajstić information content (AvgIpc) is 3.15. The molecule has 1 unspecified atom stereocenters. The molecule has 0 saturated carbocycles. The van der Waals surface area contributed by atoms with E-state index in [2.05, 4.69) is 20.5 Å². The molecular formula is C17H26N4O3. The lowest BCUT2D eigenvalue weighted by Crippen LogP contribution is -2.39. The lowest BCUT2D eigenvalue weighted by atomic mass is 10.2. The number of hydrogen-bond acceptors (Lipinski definition) is 6. The molecule has 0 aliphatic carbocycles. The number of carbonyl (C=O) groups excluding carboxylic acids is 1. The Kier molecular flexibility index (Phi) is 6.40. The third-order valence-electron chi connectivity index (χ3n) is 4.37. The van der Waals surface area contributed by atoms with Crippen LogP contribution in [0.4, 0.5) is 5.69 Å². The number of morpholine rings is 1. The second-order valence-corrected chi connectivity index (χ2v) is 6.16. The van der Waals surface area contributed by atoms with E-state index in [-0.39, 0.29) is 12.0 Å². The van der Waals surface area contributed by atoms with E-state index < -0.39 is 0 Å². The van der Waals surface area contributed by atoms with Crippen LogP contribution in [0.15, 0.2) is 18.3 Å². The normalized spacial score (nSPS) is 21.6. The number of nitrogens with one attached hydrogen (secondary N) is 2. The lowest BCUT2D eigenvalue weighted by molar-refractivity contribution is 0.0398. The SMILES string of the molecule is O=C(NCC1CCCO1)c1ccc(NCCN2CCOCC2)cn1. The molecule has 0 spiro atoms. The topological polar surface area (TPSA) is 75.7 Å². The van der Waals surface area contributed by atoms with Crippen molar-refractivity contribution in [1.29, 1.82) is 0 Å². The number of rotatable bonds is 7. The Morgan fingerprint density at radius 3 is 2.88 bits per heavy atom. The van der Waals surface area contributed by atoms with Gasteiger partial charge in [-0.1, -0.05) is 0 Å². The minimum absolute atomic E-state index is 0.148. The predicted octanol–water partition coefficient (Wildman–Crippen LogP) is 0.735. The summed E-state index contributed by atoms with van der Waals surface area (Å²) in [7, 11) is 0. The van der Waals surface area contributed by atoms with E-state index in [1.165, 1.54) is 0 Å². The van der Waals surface area contributed by atoms with E-state index in [4.69, 9.17) is 9.47 Å². The second kappa shape index (κ2) is 8.96. The molecule has 1 amide bonds. The highest BCUT2D eigenvalue weighted by Gasteiger charge is 2.17. The molecule has 2 saturated heterocycles. The first-order chi connectivity index (χ1) is 11.8. The van der Waals surface area contributed by atoms with Crippen molar-refractivity contribution in [2.45, 2.75) is 18.9 Å². The molecule has 0 radical (unpaired) electrons. The lowest BCUT2D eigenvalue weighted by Gasteiger charge is -2.26. The number of nitrogens with zero attached hydrogens (tertiary/aromatic N) is 2. The van der Waals surface area contributed by atoms with Gasteiger partial charge in [0.15, 0.2) is 0 Å². The Hall–Kier alpha value is -1.70. The number of ether oxygens (including phenoxy) is 2. The van der Waals surface area contributed by atoms with Crippen molar-refractivity contribution >= 4 is 11.6 Å². The van der Waals surface area contributed by atoms with Crippen LogP contribution in [-0.2, 0) is 9.47 Å². The molecule has 24 heavy (non-hydrogen) atoms. The fourth-order valence-electron chi connectivity index (χ4n) is 2.92. The molecule has 2 fully saturated rings. The first-order valence-electron chi connectivity index (χ1n) is 8.71. The number of pyridine rings is 1. The number of aromatic nitrogens is 1. The summed E-state index contributed by atoms with van der Waals surface area (Å²) < 4.78 is 10.8.